The molecular formula is C11H23N3O4S. The summed E-state index contributed by atoms with van der Waals surface area (Å²) in [5, 5.41) is 0. The first-order valence-corrected chi connectivity index (χ1v) is 7.97. The molecule has 1 fully saturated rings. The highest BCUT2D eigenvalue weighted by Gasteiger charge is 2.32. The molecule has 112 valence electrons. The van der Waals surface area contributed by atoms with Crippen molar-refractivity contribution in [3.63, 3.8) is 0 Å². The van der Waals surface area contributed by atoms with Crippen LogP contribution in [0.25, 0.3) is 0 Å². The van der Waals surface area contributed by atoms with Crippen LogP contribution in [0, 0.1) is 5.92 Å². The Bertz CT molecular complexity index is 397. The second kappa shape index (κ2) is 7.18. The number of nitrogens with zero attached hydrogens (tertiary/aromatic N) is 1. The number of esters is 1. The summed E-state index contributed by atoms with van der Waals surface area (Å²) < 4.78 is 32.7. The Labute approximate surface area is 114 Å². The fraction of sp³-hybridized carbons (Fsp3) is 0.909. The van der Waals surface area contributed by atoms with Crippen molar-refractivity contribution in [3.05, 3.63) is 0 Å². The molecule has 0 saturated carbocycles. The molecule has 3 N–H and O–H groups in total. The van der Waals surface area contributed by atoms with E-state index in [1.165, 1.54) is 4.31 Å². The van der Waals surface area contributed by atoms with E-state index in [0.717, 1.165) is 0 Å². The predicted molar refractivity (Wildman–Crippen MR) is 71.5 cm³/mol. The lowest BCUT2D eigenvalue weighted by Gasteiger charge is -2.30. The molecule has 1 heterocycles. The van der Waals surface area contributed by atoms with Crippen LogP contribution in [0.15, 0.2) is 0 Å². The molecule has 2 unspecified atom stereocenters. The Balaban J connectivity index is 2.60. The van der Waals surface area contributed by atoms with Gasteiger partial charge in [0, 0.05) is 25.7 Å². The summed E-state index contributed by atoms with van der Waals surface area (Å²) in [6, 6.07) is -0.250. The van der Waals surface area contributed by atoms with Crippen LogP contribution in [0.3, 0.4) is 0 Å². The van der Waals surface area contributed by atoms with Crippen LogP contribution in [0.4, 0.5) is 0 Å². The molecule has 1 saturated heterocycles. The molecule has 0 aliphatic carbocycles. The van der Waals surface area contributed by atoms with Gasteiger partial charge in [-0.1, -0.05) is 0 Å². The van der Waals surface area contributed by atoms with E-state index in [4.69, 9.17) is 10.5 Å². The average molecular weight is 293 g/mol. The normalized spacial score (nSPS) is 23.0. The topological polar surface area (TPSA) is 102 Å². The van der Waals surface area contributed by atoms with Gasteiger partial charge in [0.2, 0.25) is 0 Å². The van der Waals surface area contributed by atoms with Crippen LogP contribution in [0.2, 0.25) is 0 Å². The lowest BCUT2D eigenvalue weighted by Crippen LogP contribution is -2.49. The molecule has 0 amide bonds. The third-order valence-electron chi connectivity index (χ3n) is 2.93. The third kappa shape index (κ3) is 5.06. The van der Waals surface area contributed by atoms with E-state index in [-0.39, 0.29) is 31.0 Å². The number of carbonyl (C=O) groups excluding carboxylic acids is 1. The summed E-state index contributed by atoms with van der Waals surface area (Å²) in [6.07, 6.45) is 1.32. The first-order valence-electron chi connectivity index (χ1n) is 6.53. The molecule has 0 aromatic heterocycles. The summed E-state index contributed by atoms with van der Waals surface area (Å²) in [5.74, 6) is -0.699. The van der Waals surface area contributed by atoms with Gasteiger partial charge >= 0.3 is 5.97 Å². The maximum atomic E-state index is 12.0. The quantitative estimate of drug-likeness (QED) is 0.639. The van der Waals surface area contributed by atoms with Gasteiger partial charge in [-0.2, -0.15) is 12.7 Å². The van der Waals surface area contributed by atoms with Crippen LogP contribution < -0.4 is 10.5 Å². The van der Waals surface area contributed by atoms with Crippen molar-refractivity contribution in [2.45, 2.75) is 32.7 Å². The number of piperidine rings is 1. The second-order valence-corrected chi connectivity index (χ2v) is 6.54. The van der Waals surface area contributed by atoms with E-state index in [9.17, 15) is 13.2 Å². The molecule has 1 aliphatic rings. The molecule has 1 rings (SSSR count). The molecular weight excluding hydrogens is 270 g/mol. The van der Waals surface area contributed by atoms with Gasteiger partial charge < -0.3 is 10.5 Å². The fourth-order valence-electron chi connectivity index (χ4n) is 1.94. The minimum atomic E-state index is -3.56. The zero-order chi connectivity index (χ0) is 14.5. The van der Waals surface area contributed by atoms with Crippen molar-refractivity contribution in [2.24, 2.45) is 11.7 Å². The average Bonchev–Trinajstić information content (AvgIpc) is 2.37. The highest BCUT2D eigenvalue weighted by Crippen LogP contribution is 2.19. The summed E-state index contributed by atoms with van der Waals surface area (Å²) in [4.78, 5) is 11.7. The largest absolute Gasteiger partial charge is 0.466 e. The summed E-state index contributed by atoms with van der Waals surface area (Å²) >= 11 is 0. The van der Waals surface area contributed by atoms with Gasteiger partial charge in [-0.25, -0.2) is 4.72 Å². The van der Waals surface area contributed by atoms with Gasteiger partial charge in [-0.05, 0) is 26.7 Å². The monoisotopic (exact) mass is 293 g/mol. The number of hydrogen-bond acceptors (Lipinski definition) is 5. The first-order chi connectivity index (χ1) is 8.86. The minimum Gasteiger partial charge on any atom is -0.466 e. The maximum absolute atomic E-state index is 12.0. The Kier molecular flexibility index (Phi) is 6.18. The second-order valence-electron chi connectivity index (χ2n) is 4.78. The number of rotatable bonds is 6. The molecule has 2 atom stereocenters. The minimum absolute atomic E-state index is 0.174. The summed E-state index contributed by atoms with van der Waals surface area (Å²) in [6.45, 7) is 4.55. The van der Waals surface area contributed by atoms with Crippen molar-refractivity contribution in [2.75, 3.05) is 26.2 Å². The number of ether oxygens (including phenoxy) is 1. The summed E-state index contributed by atoms with van der Waals surface area (Å²) in [7, 11) is -3.56. The Morgan fingerprint density at radius 3 is 2.84 bits per heavy atom. The maximum Gasteiger partial charge on any atom is 0.310 e. The lowest BCUT2D eigenvalue weighted by atomic mass is 10.0. The van der Waals surface area contributed by atoms with E-state index in [0.29, 0.717) is 26.0 Å². The molecule has 8 heteroatoms. The van der Waals surface area contributed by atoms with Gasteiger partial charge in [0.05, 0.1) is 12.5 Å². The van der Waals surface area contributed by atoms with E-state index >= 15 is 0 Å². The van der Waals surface area contributed by atoms with E-state index < -0.39 is 10.2 Å². The molecule has 1 aliphatic heterocycles. The lowest BCUT2D eigenvalue weighted by molar-refractivity contribution is -0.149. The highest BCUT2D eigenvalue weighted by atomic mass is 32.2. The molecule has 0 aromatic rings. The van der Waals surface area contributed by atoms with E-state index in [1.54, 1.807) is 13.8 Å². The Morgan fingerprint density at radius 1 is 1.58 bits per heavy atom. The smallest absolute Gasteiger partial charge is 0.310 e. The standard InChI is InChI=1S/C11H23N3O4S/c1-3-18-11(15)10-5-4-6-14(8-10)19(16,17)13-7-9(2)12/h9-10,13H,3-8,12H2,1-2H3. The number of carbonyl (C=O) groups is 1. The number of nitrogens with one attached hydrogen (secondary N) is 1. The van der Waals surface area contributed by atoms with Gasteiger partial charge in [-0.3, -0.25) is 4.79 Å². The third-order valence-corrected chi connectivity index (χ3v) is 4.47. The van der Waals surface area contributed by atoms with E-state index in [2.05, 4.69) is 4.72 Å². The van der Waals surface area contributed by atoms with E-state index in [1.807, 2.05) is 0 Å². The molecule has 0 spiro atoms. The van der Waals surface area contributed by atoms with Crippen LogP contribution >= 0.6 is 0 Å². The van der Waals surface area contributed by atoms with Gasteiger partial charge in [0.25, 0.3) is 10.2 Å². The predicted octanol–water partition coefficient (Wildman–Crippen LogP) is -0.557. The molecule has 0 radical (unpaired) electrons. The summed E-state index contributed by atoms with van der Waals surface area (Å²) in [5.41, 5.74) is 5.52. The molecule has 19 heavy (non-hydrogen) atoms. The molecule has 0 aromatic carbocycles. The first kappa shape index (κ1) is 16.4. The van der Waals surface area contributed by atoms with Crippen LogP contribution in [-0.4, -0.2) is 51.0 Å². The molecule has 0 bridgehead atoms. The van der Waals surface area contributed by atoms with Crippen molar-refractivity contribution in [1.82, 2.24) is 9.03 Å². The zero-order valence-electron chi connectivity index (χ0n) is 11.5. The van der Waals surface area contributed by atoms with Crippen LogP contribution in [0.5, 0.6) is 0 Å². The molecule has 7 nitrogen and oxygen atoms in total. The van der Waals surface area contributed by atoms with Crippen molar-refractivity contribution in [1.29, 1.82) is 0 Å². The van der Waals surface area contributed by atoms with Crippen molar-refractivity contribution >= 4 is 16.2 Å². The van der Waals surface area contributed by atoms with Gasteiger partial charge in [0.15, 0.2) is 0 Å². The Morgan fingerprint density at radius 2 is 2.26 bits per heavy atom. The SMILES string of the molecule is CCOC(=O)C1CCCN(S(=O)(=O)NCC(C)N)C1. The fourth-order valence-corrected chi connectivity index (χ4v) is 3.34. The van der Waals surface area contributed by atoms with Gasteiger partial charge in [0.1, 0.15) is 0 Å². The van der Waals surface area contributed by atoms with Crippen molar-refractivity contribution in [3.8, 4) is 0 Å². The highest BCUT2D eigenvalue weighted by molar-refractivity contribution is 7.87. The van der Waals surface area contributed by atoms with Crippen LogP contribution in [0.1, 0.15) is 26.7 Å². The van der Waals surface area contributed by atoms with Gasteiger partial charge in [-0.15, -0.1) is 0 Å². The van der Waals surface area contributed by atoms with Crippen molar-refractivity contribution < 1.29 is 17.9 Å². The number of hydrogen-bond donors (Lipinski definition) is 2. The van der Waals surface area contributed by atoms with Crippen LogP contribution in [-0.2, 0) is 19.7 Å². The zero-order valence-corrected chi connectivity index (χ0v) is 12.3. The Hall–Kier alpha value is -0.700. The number of nitrogens with two attached hydrogens (primary N) is 1.